The molecule has 26 heavy (non-hydrogen) atoms. The van der Waals surface area contributed by atoms with Crippen LogP contribution < -0.4 is 10.9 Å². The molecule has 0 spiro atoms. The molecular weight excluding hydrogens is 328 g/mol. The zero-order chi connectivity index (χ0) is 17.9. The first-order valence-corrected chi connectivity index (χ1v) is 8.93. The van der Waals surface area contributed by atoms with E-state index >= 15 is 0 Å². The van der Waals surface area contributed by atoms with E-state index in [1.54, 1.807) is 24.3 Å². The van der Waals surface area contributed by atoms with Crippen molar-refractivity contribution in [1.29, 1.82) is 0 Å². The summed E-state index contributed by atoms with van der Waals surface area (Å²) in [6.45, 7) is 0.321. The minimum Gasteiger partial charge on any atom is -0.349 e. The summed E-state index contributed by atoms with van der Waals surface area (Å²) < 4.78 is 1.34. The van der Waals surface area contributed by atoms with E-state index in [-0.39, 0.29) is 11.5 Å². The Bertz CT molecular complexity index is 989. The van der Waals surface area contributed by atoms with Crippen molar-refractivity contribution in [2.45, 2.75) is 38.3 Å². The second-order valence-electron chi connectivity index (χ2n) is 6.72. The van der Waals surface area contributed by atoms with Crippen molar-refractivity contribution >= 4 is 16.8 Å². The van der Waals surface area contributed by atoms with E-state index in [9.17, 15) is 9.59 Å². The molecule has 0 radical (unpaired) electrons. The van der Waals surface area contributed by atoms with Crippen LogP contribution in [0.25, 0.3) is 10.9 Å². The van der Waals surface area contributed by atoms with Crippen LogP contribution >= 0.6 is 0 Å². The Morgan fingerprint density at radius 3 is 2.58 bits per heavy atom. The Balaban J connectivity index is 1.50. The molecule has 0 aliphatic heterocycles. The van der Waals surface area contributed by atoms with Gasteiger partial charge in [0.15, 0.2) is 0 Å². The molecule has 1 saturated carbocycles. The topological polar surface area (TPSA) is 76.9 Å². The van der Waals surface area contributed by atoms with Crippen molar-refractivity contribution in [3.05, 3.63) is 70.0 Å². The van der Waals surface area contributed by atoms with Crippen molar-refractivity contribution in [3.8, 4) is 0 Å². The first-order chi connectivity index (χ1) is 12.7. The van der Waals surface area contributed by atoms with Gasteiger partial charge < -0.3 is 5.32 Å². The summed E-state index contributed by atoms with van der Waals surface area (Å²) in [5, 5.41) is 11.7. The highest BCUT2D eigenvalue weighted by atomic mass is 16.1. The van der Waals surface area contributed by atoms with Gasteiger partial charge >= 0.3 is 0 Å². The quantitative estimate of drug-likeness (QED) is 0.786. The summed E-state index contributed by atoms with van der Waals surface area (Å²) >= 11 is 0. The van der Waals surface area contributed by atoms with Gasteiger partial charge in [-0.15, -0.1) is 5.10 Å². The van der Waals surface area contributed by atoms with Crippen LogP contribution in [0.2, 0.25) is 0 Å². The normalized spacial score (nSPS) is 14.6. The van der Waals surface area contributed by atoms with Crippen molar-refractivity contribution in [2.24, 2.45) is 0 Å². The average molecular weight is 348 g/mol. The van der Waals surface area contributed by atoms with Gasteiger partial charge in [0.25, 0.3) is 11.5 Å². The number of carbonyl (C=O) groups excluding carboxylic acids is 1. The molecule has 6 nitrogen and oxygen atoms in total. The average Bonchev–Trinajstić information content (AvgIpc) is 3.18. The molecule has 0 bridgehead atoms. The molecule has 2 aromatic carbocycles. The fourth-order valence-electron chi connectivity index (χ4n) is 3.40. The second kappa shape index (κ2) is 7.07. The number of benzene rings is 2. The molecule has 132 valence electrons. The Kier molecular flexibility index (Phi) is 4.48. The standard InChI is InChI=1S/C20H20N4O2/c25-19(21-16-5-1-2-6-16)15-11-9-14(10-12-15)13-24-20(26)17-7-3-4-8-18(17)22-23-24/h3-4,7-12,16H,1-2,5-6,13H2,(H,21,25). The van der Waals surface area contributed by atoms with Gasteiger partial charge in [-0.3, -0.25) is 9.59 Å². The molecular formula is C20H20N4O2. The van der Waals surface area contributed by atoms with Gasteiger partial charge in [-0.2, -0.15) is 0 Å². The monoisotopic (exact) mass is 348 g/mol. The maximum Gasteiger partial charge on any atom is 0.277 e. The number of fused-ring (bicyclic) bond motifs is 1. The molecule has 0 unspecified atom stereocenters. The third kappa shape index (κ3) is 3.35. The van der Waals surface area contributed by atoms with Gasteiger partial charge in [-0.1, -0.05) is 42.3 Å². The van der Waals surface area contributed by atoms with E-state index in [0.717, 1.165) is 18.4 Å². The summed E-state index contributed by atoms with van der Waals surface area (Å²) in [5.74, 6) is -0.0360. The molecule has 6 heteroatoms. The van der Waals surface area contributed by atoms with E-state index in [1.807, 2.05) is 24.3 Å². The van der Waals surface area contributed by atoms with Crippen LogP contribution in [0.3, 0.4) is 0 Å². The van der Waals surface area contributed by atoms with Crippen LogP contribution in [0.15, 0.2) is 53.3 Å². The van der Waals surface area contributed by atoms with Crippen molar-refractivity contribution in [1.82, 2.24) is 20.3 Å². The van der Waals surface area contributed by atoms with E-state index in [4.69, 9.17) is 0 Å². The van der Waals surface area contributed by atoms with Crippen LogP contribution in [0.4, 0.5) is 0 Å². The van der Waals surface area contributed by atoms with Crippen molar-refractivity contribution < 1.29 is 4.79 Å². The molecule has 1 N–H and O–H groups in total. The number of nitrogens with zero attached hydrogens (tertiary/aromatic N) is 3. The van der Waals surface area contributed by atoms with Crippen LogP contribution in [0.1, 0.15) is 41.6 Å². The molecule has 1 aromatic heterocycles. The van der Waals surface area contributed by atoms with Crippen molar-refractivity contribution in [2.75, 3.05) is 0 Å². The molecule has 1 heterocycles. The number of nitrogens with one attached hydrogen (secondary N) is 1. The molecule has 1 aliphatic rings. The van der Waals surface area contributed by atoms with Gasteiger partial charge in [0.1, 0.15) is 5.52 Å². The summed E-state index contributed by atoms with van der Waals surface area (Å²) in [6, 6.07) is 14.8. The fraction of sp³-hybridized carbons (Fsp3) is 0.300. The zero-order valence-corrected chi connectivity index (χ0v) is 14.4. The Hall–Kier alpha value is -3.02. The third-order valence-corrected chi connectivity index (χ3v) is 4.87. The molecule has 4 rings (SSSR count). The lowest BCUT2D eigenvalue weighted by atomic mass is 10.1. The van der Waals surface area contributed by atoms with E-state index in [1.165, 1.54) is 17.5 Å². The highest BCUT2D eigenvalue weighted by Crippen LogP contribution is 2.18. The first-order valence-electron chi connectivity index (χ1n) is 8.93. The second-order valence-corrected chi connectivity index (χ2v) is 6.72. The Morgan fingerprint density at radius 1 is 1.08 bits per heavy atom. The third-order valence-electron chi connectivity index (χ3n) is 4.87. The minimum absolute atomic E-state index is 0.0360. The first kappa shape index (κ1) is 16.4. The van der Waals surface area contributed by atoms with E-state index in [0.29, 0.717) is 29.1 Å². The fourth-order valence-corrected chi connectivity index (χ4v) is 3.40. The number of hydrogen-bond acceptors (Lipinski definition) is 4. The van der Waals surface area contributed by atoms with Gasteiger partial charge in [-0.25, -0.2) is 4.68 Å². The van der Waals surface area contributed by atoms with Crippen LogP contribution in [-0.4, -0.2) is 26.9 Å². The predicted molar refractivity (Wildman–Crippen MR) is 99.1 cm³/mol. The lowest BCUT2D eigenvalue weighted by Gasteiger charge is -2.12. The Labute approximate surface area is 150 Å². The number of carbonyl (C=O) groups is 1. The highest BCUT2D eigenvalue weighted by molar-refractivity contribution is 5.94. The minimum atomic E-state index is -0.168. The maximum absolute atomic E-state index is 12.5. The lowest BCUT2D eigenvalue weighted by Crippen LogP contribution is -2.32. The summed E-state index contributed by atoms with van der Waals surface area (Å²) in [7, 11) is 0. The summed E-state index contributed by atoms with van der Waals surface area (Å²) in [4.78, 5) is 24.8. The van der Waals surface area contributed by atoms with Gasteiger partial charge in [-0.05, 0) is 42.7 Å². The molecule has 0 saturated heterocycles. The summed E-state index contributed by atoms with van der Waals surface area (Å²) in [5.41, 5.74) is 1.96. The van der Waals surface area contributed by atoms with E-state index < -0.39 is 0 Å². The van der Waals surface area contributed by atoms with Gasteiger partial charge in [0.2, 0.25) is 0 Å². The van der Waals surface area contributed by atoms with Crippen LogP contribution in [0.5, 0.6) is 0 Å². The van der Waals surface area contributed by atoms with Crippen LogP contribution in [0, 0.1) is 0 Å². The van der Waals surface area contributed by atoms with Gasteiger partial charge in [0, 0.05) is 11.6 Å². The number of rotatable bonds is 4. The summed E-state index contributed by atoms with van der Waals surface area (Å²) in [6.07, 6.45) is 4.50. The molecule has 0 atom stereocenters. The molecule has 3 aromatic rings. The van der Waals surface area contributed by atoms with E-state index in [2.05, 4.69) is 15.6 Å². The maximum atomic E-state index is 12.5. The van der Waals surface area contributed by atoms with Gasteiger partial charge in [0.05, 0.1) is 11.9 Å². The lowest BCUT2D eigenvalue weighted by molar-refractivity contribution is 0.0938. The SMILES string of the molecule is O=C(NC1CCCC1)c1ccc(Cn2nnc3ccccc3c2=O)cc1. The smallest absolute Gasteiger partial charge is 0.277 e. The number of aromatic nitrogens is 3. The molecule has 1 amide bonds. The number of hydrogen-bond donors (Lipinski definition) is 1. The predicted octanol–water partition coefficient (Wildman–Crippen LogP) is 2.51. The molecule has 1 fully saturated rings. The van der Waals surface area contributed by atoms with Crippen LogP contribution in [-0.2, 0) is 6.54 Å². The largest absolute Gasteiger partial charge is 0.349 e. The Morgan fingerprint density at radius 2 is 1.81 bits per heavy atom. The zero-order valence-electron chi connectivity index (χ0n) is 14.4. The molecule has 1 aliphatic carbocycles. The van der Waals surface area contributed by atoms with Crippen molar-refractivity contribution in [3.63, 3.8) is 0 Å². The highest BCUT2D eigenvalue weighted by Gasteiger charge is 2.17. The number of amides is 1.